The lowest BCUT2D eigenvalue weighted by Gasteiger charge is -2.11. The first kappa shape index (κ1) is 29.7. The summed E-state index contributed by atoms with van der Waals surface area (Å²) < 4.78 is 62.7. The van der Waals surface area contributed by atoms with Crippen LogP contribution in [0.2, 0.25) is 10.0 Å². The Morgan fingerprint density at radius 3 is 1.37 bits per heavy atom. The Morgan fingerprint density at radius 2 is 1.05 bits per heavy atom. The first-order valence-electron chi connectivity index (χ1n) is 11.5. The molecule has 0 unspecified atom stereocenters. The van der Waals surface area contributed by atoms with Gasteiger partial charge in [0.1, 0.15) is 15.5 Å². The molecule has 0 heterocycles. The molecule has 5 rings (SSSR count). The summed E-state index contributed by atoms with van der Waals surface area (Å²) in [5, 5.41) is 37.1. The fraction of sp³-hybridized carbons (Fsp3) is 0. The zero-order valence-electron chi connectivity index (χ0n) is 20.9. The molecule has 18 heteroatoms. The zero-order valence-corrected chi connectivity index (χ0v) is 24.0. The van der Waals surface area contributed by atoms with Crippen molar-refractivity contribution in [3.8, 4) is 22.6 Å². The van der Waals surface area contributed by atoms with Gasteiger partial charge in [0.25, 0.3) is 11.4 Å². The van der Waals surface area contributed by atoms with Gasteiger partial charge in [-0.25, -0.2) is 0 Å². The van der Waals surface area contributed by atoms with Crippen molar-refractivity contribution in [2.45, 2.75) is 9.79 Å². The summed E-state index contributed by atoms with van der Waals surface area (Å²) in [6.45, 7) is 0. The maximum absolute atomic E-state index is 13.1. The molecule has 0 radical (unpaired) electrons. The summed E-state index contributed by atoms with van der Waals surface area (Å²) in [4.78, 5) is 20.7. The maximum Gasteiger partial charge on any atom is 0.339 e. The van der Waals surface area contributed by atoms with Crippen molar-refractivity contribution in [1.82, 2.24) is 0 Å². The number of nitro benzene ring substituents is 2. The third-order valence-corrected chi connectivity index (χ3v) is 9.13. The number of oxime groups is 1. The predicted molar refractivity (Wildman–Crippen MR) is 151 cm³/mol. The van der Waals surface area contributed by atoms with Gasteiger partial charge in [0, 0.05) is 23.3 Å². The SMILES string of the molecule is O=[N+]([O-])c1cc(S(=O)(=O)Oc2ccccc2Cl)cc2c1-c1c(cc(S(=O)(=O)Oc3ccccc3Cl)cc1[N+](=O)[O-])C2=NO. The van der Waals surface area contributed by atoms with E-state index in [0.29, 0.717) is 12.1 Å². The van der Waals surface area contributed by atoms with Gasteiger partial charge in [-0.15, -0.1) is 0 Å². The Balaban J connectivity index is 1.72. The third kappa shape index (κ3) is 5.32. The fourth-order valence-electron chi connectivity index (χ4n) is 4.29. The highest BCUT2D eigenvalue weighted by molar-refractivity contribution is 7.87. The molecule has 0 saturated heterocycles. The van der Waals surface area contributed by atoms with Gasteiger partial charge in [0.2, 0.25) is 0 Å². The van der Waals surface area contributed by atoms with Crippen LogP contribution in [0.5, 0.6) is 11.5 Å². The quantitative estimate of drug-likeness (QED) is 0.0940. The largest absolute Gasteiger partial charge is 0.410 e. The second-order valence-corrected chi connectivity index (χ2v) is 12.5. The minimum Gasteiger partial charge on any atom is -0.410 e. The average molecular weight is 666 g/mol. The minimum absolute atomic E-state index is 0.0878. The minimum atomic E-state index is -4.82. The lowest BCUT2D eigenvalue weighted by atomic mass is 10.0. The summed E-state index contributed by atoms with van der Waals surface area (Å²) in [7, 11) is -9.63. The number of para-hydroxylation sites is 2. The van der Waals surface area contributed by atoms with E-state index in [1.165, 1.54) is 48.5 Å². The lowest BCUT2D eigenvalue weighted by Crippen LogP contribution is -2.12. The molecule has 220 valence electrons. The molecule has 1 aliphatic rings. The molecule has 43 heavy (non-hydrogen) atoms. The van der Waals surface area contributed by atoms with E-state index >= 15 is 0 Å². The van der Waals surface area contributed by atoms with Gasteiger partial charge in [-0.2, -0.15) is 16.8 Å². The van der Waals surface area contributed by atoms with Gasteiger partial charge >= 0.3 is 20.2 Å². The van der Waals surface area contributed by atoms with Crippen LogP contribution in [0.3, 0.4) is 0 Å². The molecule has 1 aliphatic carbocycles. The number of halogens is 2. The van der Waals surface area contributed by atoms with Gasteiger partial charge in [-0.1, -0.05) is 52.6 Å². The molecule has 0 aliphatic heterocycles. The van der Waals surface area contributed by atoms with Crippen LogP contribution >= 0.6 is 23.2 Å². The third-order valence-electron chi connectivity index (χ3n) is 6.09. The molecular formula is C25H13Cl2N3O11S2. The van der Waals surface area contributed by atoms with Crippen molar-refractivity contribution in [1.29, 1.82) is 0 Å². The standard InChI is InChI=1S/C25H13Cl2N3O11S2/c26-17-5-1-3-7-21(17)40-42(36,37)13-9-15-23(19(11-13)29(32)33)24-16(25(15)28-31)10-14(12-20(24)30(34)35)43(38,39)41-22-8-4-2-6-18(22)27/h1-12,31H. The normalized spacial score (nSPS) is 12.3. The van der Waals surface area contributed by atoms with Gasteiger partial charge in [-0.3, -0.25) is 20.2 Å². The first-order chi connectivity index (χ1) is 20.2. The predicted octanol–water partition coefficient (Wildman–Crippen LogP) is 5.55. The lowest BCUT2D eigenvalue weighted by molar-refractivity contribution is -0.386. The van der Waals surface area contributed by atoms with Crippen molar-refractivity contribution in [3.63, 3.8) is 0 Å². The number of rotatable bonds is 8. The van der Waals surface area contributed by atoms with Crippen molar-refractivity contribution in [3.05, 3.63) is 114 Å². The van der Waals surface area contributed by atoms with E-state index in [2.05, 4.69) is 5.16 Å². The summed E-state index contributed by atoms with van der Waals surface area (Å²) >= 11 is 12.0. The Hall–Kier alpha value is -4.77. The monoisotopic (exact) mass is 665 g/mol. The van der Waals surface area contributed by atoms with E-state index in [0.717, 1.165) is 12.1 Å². The van der Waals surface area contributed by atoms with Gasteiger partial charge < -0.3 is 13.6 Å². The maximum atomic E-state index is 13.1. The van der Waals surface area contributed by atoms with E-state index in [1.807, 2.05) is 0 Å². The molecule has 0 spiro atoms. The molecule has 1 N–H and O–H groups in total. The van der Waals surface area contributed by atoms with Crippen LogP contribution in [-0.4, -0.2) is 37.6 Å². The highest BCUT2D eigenvalue weighted by Gasteiger charge is 2.41. The Kier molecular flexibility index (Phi) is 7.47. The van der Waals surface area contributed by atoms with Crippen LogP contribution in [0, 0.1) is 20.2 Å². The van der Waals surface area contributed by atoms with Crippen molar-refractivity contribution >= 4 is 60.5 Å². The Labute approximate surface area is 251 Å². The van der Waals surface area contributed by atoms with E-state index in [1.54, 1.807) is 0 Å². The number of nitrogens with zero attached hydrogens (tertiary/aromatic N) is 3. The molecule has 4 aromatic carbocycles. The van der Waals surface area contributed by atoms with Crippen LogP contribution in [0.15, 0.2) is 87.7 Å². The molecule has 0 saturated carbocycles. The van der Waals surface area contributed by atoms with E-state index < -0.39 is 79.2 Å². The van der Waals surface area contributed by atoms with Gasteiger partial charge in [0.15, 0.2) is 11.5 Å². The average Bonchev–Trinajstić information content (AvgIpc) is 3.27. The van der Waals surface area contributed by atoms with Crippen molar-refractivity contribution in [2.24, 2.45) is 5.16 Å². The molecule has 0 aromatic heterocycles. The molecule has 0 fully saturated rings. The van der Waals surface area contributed by atoms with E-state index in [4.69, 9.17) is 31.6 Å². The second kappa shape index (κ2) is 10.8. The fourth-order valence-corrected chi connectivity index (χ4v) is 6.72. The highest BCUT2D eigenvalue weighted by atomic mass is 35.5. The summed E-state index contributed by atoms with van der Waals surface area (Å²) in [5.41, 5.74) is -4.33. The number of benzene rings is 4. The van der Waals surface area contributed by atoms with Gasteiger partial charge in [0.05, 0.1) is 31.0 Å². The van der Waals surface area contributed by atoms with Crippen molar-refractivity contribution in [2.75, 3.05) is 0 Å². The van der Waals surface area contributed by atoms with Crippen LogP contribution in [0.1, 0.15) is 11.1 Å². The van der Waals surface area contributed by atoms with Crippen LogP contribution in [0.25, 0.3) is 11.1 Å². The molecular weight excluding hydrogens is 653 g/mol. The Bertz CT molecular complexity index is 1970. The van der Waals surface area contributed by atoms with E-state index in [-0.39, 0.29) is 21.5 Å². The summed E-state index contributed by atoms with van der Waals surface area (Å²) in [6.07, 6.45) is 0. The first-order valence-corrected chi connectivity index (χ1v) is 15.1. The molecule has 0 atom stereocenters. The number of fused-ring (bicyclic) bond motifs is 3. The Morgan fingerprint density at radius 1 is 0.674 bits per heavy atom. The number of hydrogen-bond acceptors (Lipinski definition) is 12. The number of nitro groups is 2. The molecule has 0 bridgehead atoms. The smallest absolute Gasteiger partial charge is 0.339 e. The van der Waals surface area contributed by atoms with Gasteiger partial charge in [-0.05, 0) is 36.4 Å². The molecule has 0 amide bonds. The number of hydrogen-bond donors (Lipinski definition) is 1. The second-order valence-electron chi connectivity index (χ2n) is 8.63. The summed E-state index contributed by atoms with van der Waals surface area (Å²) in [6, 6.07) is 13.9. The highest BCUT2D eigenvalue weighted by Crippen LogP contribution is 2.49. The van der Waals surface area contributed by atoms with Crippen LogP contribution < -0.4 is 8.37 Å². The molecule has 14 nitrogen and oxygen atoms in total. The molecule has 4 aromatic rings. The van der Waals surface area contributed by atoms with Crippen molar-refractivity contribution < 1.29 is 40.3 Å². The zero-order chi connectivity index (χ0) is 31.3. The summed E-state index contributed by atoms with van der Waals surface area (Å²) in [5.74, 6) is -0.591. The van der Waals surface area contributed by atoms with Crippen LogP contribution in [-0.2, 0) is 20.2 Å². The van der Waals surface area contributed by atoms with E-state index in [9.17, 15) is 42.3 Å². The van der Waals surface area contributed by atoms with Crippen LogP contribution in [0.4, 0.5) is 11.4 Å². The topological polar surface area (TPSA) is 206 Å².